The van der Waals surface area contributed by atoms with Gasteiger partial charge in [0.2, 0.25) is 0 Å². The molecular weight excluding hydrogens is 302 g/mol. The molecule has 1 aromatic heterocycles. The van der Waals surface area contributed by atoms with Gasteiger partial charge in [-0.2, -0.15) is 0 Å². The average Bonchev–Trinajstić information content (AvgIpc) is 3.07. The van der Waals surface area contributed by atoms with E-state index in [1.807, 2.05) is 47.8 Å². The second-order valence-electron chi connectivity index (χ2n) is 4.81. The van der Waals surface area contributed by atoms with Crippen molar-refractivity contribution < 1.29 is 9.21 Å². The molecule has 3 rings (SSSR count). The highest BCUT2D eigenvalue weighted by atomic mass is 32.2. The van der Waals surface area contributed by atoms with Gasteiger partial charge in [-0.05, 0) is 47.8 Å². The summed E-state index contributed by atoms with van der Waals surface area (Å²) in [7, 11) is 0. The third-order valence-electron chi connectivity index (χ3n) is 3.28. The van der Waals surface area contributed by atoms with Gasteiger partial charge in [0.05, 0.1) is 17.4 Å². The lowest BCUT2D eigenvalue weighted by molar-refractivity contribution is 0.0948. The number of amides is 1. The van der Waals surface area contributed by atoms with E-state index in [0.29, 0.717) is 16.7 Å². The first kappa shape index (κ1) is 14.6. The number of hydrogen-bond donors (Lipinski definition) is 1. The molecule has 5 heteroatoms. The first-order valence-corrected chi connectivity index (χ1v) is 9.06. The minimum absolute atomic E-state index is 0.0677. The van der Waals surface area contributed by atoms with Gasteiger partial charge in [0, 0.05) is 5.56 Å². The van der Waals surface area contributed by atoms with Gasteiger partial charge in [0.25, 0.3) is 5.91 Å². The molecule has 1 fully saturated rings. The second-order valence-corrected chi connectivity index (χ2v) is 7.54. The normalized spacial score (nSPS) is 15.8. The number of thioether (sulfide) groups is 2. The molecule has 1 aliphatic rings. The molecule has 1 N–H and O–H groups in total. The minimum atomic E-state index is -0.0677. The number of nitrogens with one attached hydrogen (secondary N) is 1. The van der Waals surface area contributed by atoms with E-state index >= 15 is 0 Å². The summed E-state index contributed by atoms with van der Waals surface area (Å²) in [5.41, 5.74) is 1.99. The predicted molar refractivity (Wildman–Crippen MR) is 88.6 cm³/mol. The Morgan fingerprint density at radius 1 is 1.19 bits per heavy atom. The highest BCUT2D eigenvalue weighted by molar-refractivity contribution is 8.16. The zero-order valence-corrected chi connectivity index (χ0v) is 13.2. The van der Waals surface area contributed by atoms with Crippen molar-refractivity contribution in [3.05, 3.63) is 59.5 Å². The van der Waals surface area contributed by atoms with Crippen LogP contribution in [0.25, 0.3) is 0 Å². The summed E-state index contributed by atoms with van der Waals surface area (Å²) >= 11 is 3.98. The van der Waals surface area contributed by atoms with Gasteiger partial charge in [-0.3, -0.25) is 4.79 Å². The maximum atomic E-state index is 12.1. The predicted octanol–water partition coefficient (Wildman–Crippen LogP) is 4.08. The Morgan fingerprint density at radius 2 is 1.95 bits per heavy atom. The van der Waals surface area contributed by atoms with Crippen LogP contribution in [0, 0.1) is 0 Å². The van der Waals surface area contributed by atoms with E-state index in [9.17, 15) is 4.79 Å². The number of benzene rings is 1. The zero-order chi connectivity index (χ0) is 14.5. The first-order chi connectivity index (χ1) is 10.3. The van der Waals surface area contributed by atoms with E-state index in [1.54, 1.807) is 6.26 Å². The quantitative estimate of drug-likeness (QED) is 0.922. The standard InChI is InChI=1S/C16H17NO2S2/c18-15(17-11-14-3-1-8-19-14)12-4-6-13(7-5-12)16-20-9-2-10-21-16/h1,3-8,16H,2,9-11H2,(H,17,18). The fourth-order valence-electron chi connectivity index (χ4n) is 2.15. The Hall–Kier alpha value is -1.33. The van der Waals surface area contributed by atoms with Crippen LogP contribution in [0.5, 0.6) is 0 Å². The molecule has 2 aromatic rings. The fourth-order valence-corrected chi connectivity index (χ4v) is 5.05. The summed E-state index contributed by atoms with van der Waals surface area (Å²) in [5.74, 6) is 3.14. The third-order valence-corrected chi connectivity index (χ3v) is 6.29. The molecule has 1 saturated heterocycles. The van der Waals surface area contributed by atoms with Crippen LogP contribution in [-0.2, 0) is 6.54 Å². The molecule has 0 unspecified atom stereocenters. The van der Waals surface area contributed by atoms with Crippen LogP contribution in [0.15, 0.2) is 47.1 Å². The van der Waals surface area contributed by atoms with Crippen LogP contribution >= 0.6 is 23.5 Å². The lowest BCUT2D eigenvalue weighted by atomic mass is 10.1. The number of hydrogen-bond acceptors (Lipinski definition) is 4. The molecule has 2 heterocycles. The number of carbonyl (C=O) groups excluding carboxylic acids is 1. The van der Waals surface area contributed by atoms with E-state index in [0.717, 1.165) is 5.76 Å². The van der Waals surface area contributed by atoms with Crippen LogP contribution in [0.2, 0.25) is 0 Å². The Labute approximate surface area is 132 Å². The maximum absolute atomic E-state index is 12.1. The molecule has 0 radical (unpaired) electrons. The summed E-state index contributed by atoms with van der Waals surface area (Å²) in [6, 6.07) is 11.6. The van der Waals surface area contributed by atoms with Crippen molar-refractivity contribution in [2.45, 2.75) is 17.5 Å². The Bertz CT molecular complexity index is 575. The molecule has 0 spiro atoms. The number of carbonyl (C=O) groups is 1. The monoisotopic (exact) mass is 319 g/mol. The van der Waals surface area contributed by atoms with Crippen LogP contribution in [-0.4, -0.2) is 17.4 Å². The summed E-state index contributed by atoms with van der Waals surface area (Å²) in [5, 5.41) is 2.86. The highest BCUT2D eigenvalue weighted by Crippen LogP contribution is 2.43. The molecule has 110 valence electrons. The van der Waals surface area contributed by atoms with Gasteiger partial charge in [-0.15, -0.1) is 23.5 Å². The number of furan rings is 1. The van der Waals surface area contributed by atoms with Crippen molar-refractivity contribution in [3.8, 4) is 0 Å². The molecule has 0 saturated carbocycles. The van der Waals surface area contributed by atoms with Gasteiger partial charge >= 0.3 is 0 Å². The molecule has 3 nitrogen and oxygen atoms in total. The van der Waals surface area contributed by atoms with E-state index in [1.165, 1.54) is 23.5 Å². The molecule has 0 bridgehead atoms. The SMILES string of the molecule is O=C(NCc1ccco1)c1ccc(C2SCCCS2)cc1. The second kappa shape index (κ2) is 7.09. The summed E-state index contributed by atoms with van der Waals surface area (Å²) in [4.78, 5) is 12.1. The third kappa shape index (κ3) is 3.86. The van der Waals surface area contributed by atoms with Crippen molar-refractivity contribution in [2.75, 3.05) is 11.5 Å². The van der Waals surface area contributed by atoms with Gasteiger partial charge in [0.1, 0.15) is 5.76 Å². The van der Waals surface area contributed by atoms with E-state index < -0.39 is 0 Å². The smallest absolute Gasteiger partial charge is 0.251 e. The maximum Gasteiger partial charge on any atom is 0.251 e. The van der Waals surface area contributed by atoms with Gasteiger partial charge in [-0.25, -0.2) is 0 Å². The minimum Gasteiger partial charge on any atom is -0.467 e. The lowest BCUT2D eigenvalue weighted by Gasteiger charge is -2.21. The Balaban J connectivity index is 1.59. The first-order valence-electron chi connectivity index (χ1n) is 6.97. The van der Waals surface area contributed by atoms with Crippen molar-refractivity contribution in [1.29, 1.82) is 0 Å². The van der Waals surface area contributed by atoms with Crippen LogP contribution in [0.1, 0.15) is 32.7 Å². The summed E-state index contributed by atoms with van der Waals surface area (Å²) < 4.78 is 5.71. The van der Waals surface area contributed by atoms with E-state index in [2.05, 4.69) is 17.4 Å². The van der Waals surface area contributed by atoms with Gasteiger partial charge < -0.3 is 9.73 Å². The van der Waals surface area contributed by atoms with E-state index in [-0.39, 0.29) is 5.91 Å². The topological polar surface area (TPSA) is 42.2 Å². The summed E-state index contributed by atoms with van der Waals surface area (Å²) in [6.45, 7) is 0.419. The molecule has 0 aliphatic carbocycles. The van der Waals surface area contributed by atoms with Gasteiger partial charge in [-0.1, -0.05) is 12.1 Å². The van der Waals surface area contributed by atoms with Crippen LogP contribution in [0.4, 0.5) is 0 Å². The lowest BCUT2D eigenvalue weighted by Crippen LogP contribution is -2.22. The van der Waals surface area contributed by atoms with Crippen molar-refractivity contribution in [3.63, 3.8) is 0 Å². The molecule has 1 aromatic carbocycles. The van der Waals surface area contributed by atoms with Crippen LogP contribution < -0.4 is 5.32 Å². The Kier molecular flexibility index (Phi) is 4.93. The molecule has 0 atom stereocenters. The molecular formula is C16H17NO2S2. The molecule has 1 aliphatic heterocycles. The van der Waals surface area contributed by atoms with Crippen molar-refractivity contribution in [2.24, 2.45) is 0 Å². The van der Waals surface area contributed by atoms with Crippen molar-refractivity contribution in [1.82, 2.24) is 5.32 Å². The molecule has 21 heavy (non-hydrogen) atoms. The molecule has 1 amide bonds. The van der Waals surface area contributed by atoms with Crippen LogP contribution in [0.3, 0.4) is 0 Å². The number of rotatable bonds is 4. The largest absolute Gasteiger partial charge is 0.467 e. The zero-order valence-electron chi connectivity index (χ0n) is 11.6. The Morgan fingerprint density at radius 3 is 2.62 bits per heavy atom. The van der Waals surface area contributed by atoms with Crippen molar-refractivity contribution >= 4 is 29.4 Å². The summed E-state index contributed by atoms with van der Waals surface area (Å²) in [6.07, 6.45) is 2.90. The highest BCUT2D eigenvalue weighted by Gasteiger charge is 2.16. The fraction of sp³-hybridized carbons (Fsp3) is 0.312. The van der Waals surface area contributed by atoms with Gasteiger partial charge in [0.15, 0.2) is 0 Å². The average molecular weight is 319 g/mol. The van der Waals surface area contributed by atoms with E-state index in [4.69, 9.17) is 4.42 Å².